The molecule has 4 nitrogen and oxygen atoms in total. The summed E-state index contributed by atoms with van der Waals surface area (Å²) in [6.45, 7) is 1.67. The van der Waals surface area contributed by atoms with Gasteiger partial charge in [-0.05, 0) is 44.6 Å². The van der Waals surface area contributed by atoms with E-state index in [2.05, 4.69) is 10.0 Å². The zero-order valence-corrected chi connectivity index (χ0v) is 11.3. The van der Waals surface area contributed by atoms with Gasteiger partial charge in [0.25, 0.3) is 0 Å². The normalized spacial score (nSPS) is 26.7. The highest BCUT2D eigenvalue weighted by Crippen LogP contribution is 2.25. The predicted octanol–water partition coefficient (Wildman–Crippen LogP) is 1.24. The van der Waals surface area contributed by atoms with Crippen LogP contribution in [0.1, 0.15) is 44.9 Å². The predicted molar refractivity (Wildman–Crippen MR) is 69.4 cm³/mol. The average Bonchev–Trinajstić information content (AvgIpc) is 2.89. The molecule has 0 aromatic carbocycles. The van der Waals surface area contributed by atoms with E-state index in [1.807, 2.05) is 0 Å². The highest BCUT2D eigenvalue weighted by atomic mass is 32.2. The third-order valence-corrected chi connectivity index (χ3v) is 5.46. The van der Waals surface area contributed by atoms with Crippen molar-refractivity contribution >= 4 is 10.0 Å². The zero-order valence-electron chi connectivity index (χ0n) is 10.5. The molecule has 0 bridgehead atoms. The van der Waals surface area contributed by atoms with E-state index in [0.29, 0.717) is 24.3 Å². The maximum atomic E-state index is 11.8. The molecule has 0 spiro atoms. The van der Waals surface area contributed by atoms with E-state index < -0.39 is 10.0 Å². The fourth-order valence-electron chi connectivity index (χ4n) is 2.94. The Labute approximate surface area is 105 Å². The molecule has 0 unspecified atom stereocenters. The van der Waals surface area contributed by atoms with Crippen molar-refractivity contribution in [1.29, 1.82) is 0 Å². The van der Waals surface area contributed by atoms with Crippen LogP contribution in [0.2, 0.25) is 0 Å². The van der Waals surface area contributed by atoms with Gasteiger partial charge in [0.2, 0.25) is 10.0 Å². The second-order valence-electron chi connectivity index (χ2n) is 5.41. The molecule has 1 heterocycles. The molecular weight excluding hydrogens is 236 g/mol. The Morgan fingerprint density at radius 1 is 1.12 bits per heavy atom. The van der Waals surface area contributed by atoms with Gasteiger partial charge in [-0.15, -0.1) is 0 Å². The van der Waals surface area contributed by atoms with Gasteiger partial charge < -0.3 is 5.32 Å². The molecule has 1 saturated heterocycles. The second kappa shape index (κ2) is 6.16. The van der Waals surface area contributed by atoms with Crippen LogP contribution in [0, 0.1) is 5.92 Å². The molecule has 2 aliphatic rings. The molecule has 0 aromatic heterocycles. The number of sulfonamides is 1. The minimum absolute atomic E-state index is 0.338. The molecule has 2 fully saturated rings. The van der Waals surface area contributed by atoms with Crippen LogP contribution in [0.3, 0.4) is 0 Å². The SMILES string of the molecule is O=S(=O)(CC1CCCC1)NCC[C@H]1CCCN1. The molecular formula is C12H24N2O2S. The molecule has 100 valence electrons. The van der Waals surface area contributed by atoms with E-state index in [9.17, 15) is 8.42 Å². The van der Waals surface area contributed by atoms with Crippen molar-refractivity contribution in [2.45, 2.75) is 51.0 Å². The summed E-state index contributed by atoms with van der Waals surface area (Å²) in [4.78, 5) is 0. The lowest BCUT2D eigenvalue weighted by atomic mass is 10.1. The monoisotopic (exact) mass is 260 g/mol. The lowest BCUT2D eigenvalue weighted by Crippen LogP contribution is -2.33. The van der Waals surface area contributed by atoms with Crippen LogP contribution in [0.4, 0.5) is 0 Å². The van der Waals surface area contributed by atoms with E-state index in [0.717, 1.165) is 25.8 Å². The Balaban J connectivity index is 1.65. The van der Waals surface area contributed by atoms with Gasteiger partial charge in [-0.1, -0.05) is 12.8 Å². The molecule has 2 N–H and O–H groups in total. The van der Waals surface area contributed by atoms with Crippen molar-refractivity contribution in [1.82, 2.24) is 10.0 Å². The van der Waals surface area contributed by atoms with Crippen molar-refractivity contribution < 1.29 is 8.42 Å². The van der Waals surface area contributed by atoms with Gasteiger partial charge >= 0.3 is 0 Å². The van der Waals surface area contributed by atoms with Crippen molar-refractivity contribution in [2.75, 3.05) is 18.8 Å². The minimum Gasteiger partial charge on any atom is -0.314 e. The van der Waals surface area contributed by atoms with Crippen LogP contribution >= 0.6 is 0 Å². The summed E-state index contributed by atoms with van der Waals surface area (Å²) in [6, 6.07) is 0.518. The Kier molecular flexibility index (Phi) is 4.82. The molecule has 17 heavy (non-hydrogen) atoms. The van der Waals surface area contributed by atoms with E-state index in [-0.39, 0.29) is 0 Å². The molecule has 1 aliphatic carbocycles. The zero-order chi connectivity index (χ0) is 12.1. The minimum atomic E-state index is -3.03. The summed E-state index contributed by atoms with van der Waals surface area (Å²) in [5.74, 6) is 0.738. The number of hydrogen-bond donors (Lipinski definition) is 2. The smallest absolute Gasteiger partial charge is 0.211 e. The summed E-state index contributed by atoms with van der Waals surface area (Å²) in [5, 5.41) is 3.38. The third-order valence-electron chi connectivity index (χ3n) is 3.91. The molecule has 1 atom stereocenters. The van der Waals surface area contributed by atoms with Crippen LogP contribution < -0.4 is 10.0 Å². The van der Waals surface area contributed by atoms with Crippen molar-refractivity contribution in [3.8, 4) is 0 Å². The van der Waals surface area contributed by atoms with Gasteiger partial charge in [0.15, 0.2) is 0 Å². The van der Waals surface area contributed by atoms with Crippen LogP contribution in [-0.2, 0) is 10.0 Å². The topological polar surface area (TPSA) is 58.2 Å². The first-order valence-electron chi connectivity index (χ1n) is 6.86. The number of rotatable bonds is 6. The fraction of sp³-hybridized carbons (Fsp3) is 1.00. The lowest BCUT2D eigenvalue weighted by molar-refractivity contribution is 0.526. The first kappa shape index (κ1) is 13.3. The molecule has 1 aliphatic heterocycles. The highest BCUT2D eigenvalue weighted by Gasteiger charge is 2.22. The summed E-state index contributed by atoms with van der Waals surface area (Å²) in [5.41, 5.74) is 0. The maximum Gasteiger partial charge on any atom is 0.211 e. The molecule has 1 saturated carbocycles. The molecule has 0 aromatic rings. The Morgan fingerprint density at radius 3 is 2.53 bits per heavy atom. The Morgan fingerprint density at radius 2 is 1.88 bits per heavy atom. The summed E-state index contributed by atoms with van der Waals surface area (Å²) in [6.07, 6.45) is 7.91. The Bertz CT molecular complexity index is 317. The van der Waals surface area contributed by atoms with Crippen LogP contribution in [0.15, 0.2) is 0 Å². The molecule has 0 amide bonds. The summed E-state index contributed by atoms with van der Waals surface area (Å²) < 4.78 is 26.4. The van der Waals surface area contributed by atoms with Gasteiger partial charge in [0, 0.05) is 12.6 Å². The van der Waals surface area contributed by atoms with Crippen molar-refractivity contribution in [3.05, 3.63) is 0 Å². The quantitative estimate of drug-likeness (QED) is 0.755. The van der Waals surface area contributed by atoms with E-state index in [1.165, 1.54) is 25.7 Å². The lowest BCUT2D eigenvalue weighted by Gasteiger charge is -2.13. The third kappa shape index (κ3) is 4.56. The van der Waals surface area contributed by atoms with E-state index in [4.69, 9.17) is 0 Å². The van der Waals surface area contributed by atoms with Crippen LogP contribution in [0.25, 0.3) is 0 Å². The van der Waals surface area contributed by atoms with Gasteiger partial charge in [-0.25, -0.2) is 13.1 Å². The standard InChI is InChI=1S/C12H24N2O2S/c15-17(16,10-11-4-1-2-5-11)14-9-7-12-6-3-8-13-12/h11-14H,1-10H2/t12-/m1/s1. The van der Waals surface area contributed by atoms with E-state index in [1.54, 1.807) is 0 Å². The Hall–Kier alpha value is -0.130. The van der Waals surface area contributed by atoms with E-state index >= 15 is 0 Å². The second-order valence-corrected chi connectivity index (χ2v) is 7.26. The molecule has 2 rings (SSSR count). The summed E-state index contributed by atoms with van der Waals surface area (Å²) >= 11 is 0. The first-order valence-corrected chi connectivity index (χ1v) is 8.52. The van der Waals surface area contributed by atoms with Crippen molar-refractivity contribution in [2.24, 2.45) is 5.92 Å². The highest BCUT2D eigenvalue weighted by molar-refractivity contribution is 7.89. The fourth-order valence-corrected chi connectivity index (χ4v) is 4.44. The molecule has 5 heteroatoms. The van der Waals surface area contributed by atoms with Gasteiger partial charge in [0.1, 0.15) is 0 Å². The van der Waals surface area contributed by atoms with Gasteiger partial charge in [0.05, 0.1) is 5.75 Å². The maximum absolute atomic E-state index is 11.8. The largest absolute Gasteiger partial charge is 0.314 e. The summed E-state index contributed by atoms with van der Waals surface area (Å²) in [7, 11) is -3.03. The number of hydrogen-bond acceptors (Lipinski definition) is 3. The van der Waals surface area contributed by atoms with Crippen LogP contribution in [0.5, 0.6) is 0 Å². The van der Waals surface area contributed by atoms with Crippen LogP contribution in [-0.4, -0.2) is 33.3 Å². The van der Waals surface area contributed by atoms with Gasteiger partial charge in [-0.3, -0.25) is 0 Å². The van der Waals surface area contributed by atoms with Gasteiger partial charge in [-0.2, -0.15) is 0 Å². The number of nitrogens with one attached hydrogen (secondary N) is 2. The molecule has 0 radical (unpaired) electrons. The first-order chi connectivity index (χ1) is 8.16. The average molecular weight is 260 g/mol. The van der Waals surface area contributed by atoms with Crippen molar-refractivity contribution in [3.63, 3.8) is 0 Å².